The number of phenols is 1. The van der Waals surface area contributed by atoms with Crippen LogP contribution in [0.5, 0.6) is 5.75 Å². The van der Waals surface area contributed by atoms with Gasteiger partial charge in [0.25, 0.3) is 5.91 Å². The third-order valence-electron chi connectivity index (χ3n) is 4.27. The molecule has 4 N–H and O–H groups in total. The number of nitrogens with one attached hydrogen (secondary N) is 2. The summed E-state index contributed by atoms with van der Waals surface area (Å²) < 4.78 is 6.59. The summed E-state index contributed by atoms with van der Waals surface area (Å²) in [6.45, 7) is 3.12. The van der Waals surface area contributed by atoms with Gasteiger partial charge in [0, 0.05) is 33.3 Å². The zero-order valence-electron chi connectivity index (χ0n) is 16.6. The van der Waals surface area contributed by atoms with Crippen molar-refractivity contribution in [1.29, 1.82) is 0 Å². The molecule has 2 atom stereocenters. The van der Waals surface area contributed by atoms with Crippen LogP contribution in [0.1, 0.15) is 35.9 Å². The number of amides is 2. The van der Waals surface area contributed by atoms with E-state index in [0.29, 0.717) is 25.8 Å². The van der Waals surface area contributed by atoms with Crippen LogP contribution in [0.15, 0.2) is 57.5 Å². The van der Waals surface area contributed by atoms with Crippen LogP contribution in [0.25, 0.3) is 0 Å². The van der Waals surface area contributed by atoms with Gasteiger partial charge in [0.1, 0.15) is 11.9 Å². The summed E-state index contributed by atoms with van der Waals surface area (Å²) >= 11 is 6.58. The number of benzene rings is 2. The Morgan fingerprint density at radius 1 is 1.13 bits per heavy atom. The van der Waals surface area contributed by atoms with E-state index in [1.807, 2.05) is 0 Å². The fourth-order valence-corrected chi connectivity index (χ4v) is 3.94. The van der Waals surface area contributed by atoms with Gasteiger partial charge in [0.15, 0.2) is 5.78 Å². The molecule has 2 rings (SSSR count). The Morgan fingerprint density at radius 2 is 1.77 bits per heavy atom. The summed E-state index contributed by atoms with van der Waals surface area (Å²) in [5.41, 5.74) is 2.69. The predicted octanol–water partition coefficient (Wildman–Crippen LogP) is 5.11. The highest BCUT2D eigenvalue weighted by atomic mass is 79.9. The second-order valence-electron chi connectivity index (χ2n) is 6.60. The molecule has 0 bridgehead atoms. The summed E-state index contributed by atoms with van der Waals surface area (Å²) in [6.07, 6.45) is 0.735. The molecule has 31 heavy (non-hydrogen) atoms. The first-order valence-corrected chi connectivity index (χ1v) is 10.6. The summed E-state index contributed by atoms with van der Waals surface area (Å²) in [5, 5.41) is 21.7. The quantitative estimate of drug-likeness (QED) is 0.163. The lowest BCUT2D eigenvalue weighted by Gasteiger charge is -2.24. The fraction of sp³-hybridized carbons (Fsp3) is 0.190. The molecule has 0 spiro atoms. The van der Waals surface area contributed by atoms with Gasteiger partial charge in [-0.3, -0.25) is 20.1 Å². The highest BCUT2D eigenvalue weighted by molar-refractivity contribution is 9.11. The fourth-order valence-electron chi connectivity index (χ4n) is 2.69. The molecule has 8 nitrogen and oxygen atoms in total. The maximum absolute atomic E-state index is 12.5. The van der Waals surface area contributed by atoms with Gasteiger partial charge in [-0.1, -0.05) is 28.9 Å². The van der Waals surface area contributed by atoms with Crippen LogP contribution in [0.2, 0.25) is 0 Å². The van der Waals surface area contributed by atoms with Crippen LogP contribution in [-0.4, -0.2) is 28.1 Å². The summed E-state index contributed by atoms with van der Waals surface area (Å²) in [5.74, 6) is -1.54. The number of rotatable bonds is 7. The molecule has 0 aliphatic heterocycles. The first-order valence-electron chi connectivity index (χ1n) is 9.01. The van der Waals surface area contributed by atoms with Crippen molar-refractivity contribution in [3.8, 4) is 5.75 Å². The molecule has 0 saturated heterocycles. The van der Waals surface area contributed by atoms with Crippen LogP contribution in [-0.2, 0) is 9.53 Å². The molecular formula is C21H20Br2N2O6. The molecule has 2 aromatic rings. The van der Waals surface area contributed by atoms with E-state index >= 15 is 0 Å². The lowest BCUT2D eigenvalue weighted by atomic mass is 9.96. The number of hydroxylamine groups is 1. The average Bonchev–Trinajstić information content (AvgIpc) is 2.73. The number of halogens is 2. The molecule has 2 aromatic carbocycles. The van der Waals surface area contributed by atoms with E-state index in [9.17, 15) is 19.5 Å². The Morgan fingerprint density at radius 3 is 2.35 bits per heavy atom. The number of carbonyl (C=O) groups excluding carboxylic acids is 3. The third-order valence-corrected chi connectivity index (χ3v) is 5.34. The predicted molar refractivity (Wildman–Crippen MR) is 121 cm³/mol. The molecular weight excluding hydrogens is 536 g/mol. The number of ketones is 1. The van der Waals surface area contributed by atoms with Crippen molar-refractivity contribution in [2.24, 2.45) is 5.92 Å². The molecule has 0 aliphatic rings. The number of hydrogen-bond acceptors (Lipinski definition) is 6. The smallest absolute Gasteiger partial charge is 0.412 e. The van der Waals surface area contributed by atoms with Crippen molar-refractivity contribution in [2.75, 3.05) is 5.32 Å². The maximum Gasteiger partial charge on any atom is 0.412 e. The normalized spacial score (nSPS) is 12.8. The lowest BCUT2D eigenvalue weighted by Crippen LogP contribution is -2.22. The van der Waals surface area contributed by atoms with E-state index in [1.165, 1.54) is 18.5 Å². The summed E-state index contributed by atoms with van der Waals surface area (Å²) in [7, 11) is 0. The van der Waals surface area contributed by atoms with Crippen molar-refractivity contribution >= 4 is 55.3 Å². The van der Waals surface area contributed by atoms with E-state index in [1.54, 1.807) is 43.3 Å². The van der Waals surface area contributed by atoms with Crippen molar-refractivity contribution in [2.45, 2.75) is 20.0 Å². The second-order valence-corrected chi connectivity index (χ2v) is 8.37. The first kappa shape index (κ1) is 24.6. The summed E-state index contributed by atoms with van der Waals surface area (Å²) in [4.78, 5) is 35.3. The van der Waals surface area contributed by atoms with Gasteiger partial charge in [-0.15, -0.1) is 0 Å². The Labute approximate surface area is 195 Å². The Balaban J connectivity index is 2.29. The molecule has 0 unspecified atom stereocenters. The minimum Gasteiger partial charge on any atom is -0.506 e. The van der Waals surface area contributed by atoms with E-state index in [-0.39, 0.29) is 11.5 Å². The first-order chi connectivity index (χ1) is 14.6. The van der Waals surface area contributed by atoms with Gasteiger partial charge in [-0.05, 0) is 59.3 Å². The minimum absolute atomic E-state index is 0.0996. The molecule has 0 radical (unpaired) electrons. The third kappa shape index (κ3) is 6.91. The highest BCUT2D eigenvalue weighted by Gasteiger charge is 2.27. The van der Waals surface area contributed by atoms with Crippen molar-refractivity contribution in [3.05, 3.63) is 68.6 Å². The van der Waals surface area contributed by atoms with Gasteiger partial charge in [0.05, 0.1) is 4.47 Å². The Bertz CT molecular complexity index is 1010. The zero-order valence-corrected chi connectivity index (χ0v) is 19.7. The number of anilines is 1. The van der Waals surface area contributed by atoms with Gasteiger partial charge < -0.3 is 9.84 Å². The monoisotopic (exact) mass is 554 g/mol. The molecule has 0 aliphatic carbocycles. The lowest BCUT2D eigenvalue weighted by molar-refractivity contribution is -0.124. The second kappa shape index (κ2) is 11.1. The number of aromatic hydroxyl groups is 1. The number of ether oxygens (including phenoxy) is 1. The van der Waals surface area contributed by atoms with Crippen LogP contribution >= 0.6 is 31.9 Å². The highest BCUT2D eigenvalue weighted by Crippen LogP contribution is 2.40. The van der Waals surface area contributed by atoms with Crippen LogP contribution in [0.4, 0.5) is 10.5 Å². The minimum atomic E-state index is -0.979. The standard InChI is InChI=1S/C21H20Br2N2O6/c1-11(3-8-18(27)25-30)20(16-9-14(22)10-17(23)19(16)28)31-21(29)24-15-6-4-13(5-7-15)12(2)26/h3-11,20,28,30H,1-2H3,(H,24,29)(H,25,27)/b8-3+/t11-,20+/m1/s1. The van der Waals surface area contributed by atoms with Gasteiger partial charge in [0.2, 0.25) is 0 Å². The molecule has 0 aromatic heterocycles. The van der Waals surface area contributed by atoms with Crippen molar-refractivity contribution in [3.63, 3.8) is 0 Å². The van der Waals surface area contributed by atoms with Crippen LogP contribution in [0, 0.1) is 5.92 Å². The number of hydrogen-bond donors (Lipinski definition) is 4. The Hall–Kier alpha value is -2.69. The van der Waals surface area contributed by atoms with E-state index in [2.05, 4.69) is 37.2 Å². The number of phenolic OH excluding ortho intramolecular Hbond substituents is 1. The molecule has 164 valence electrons. The van der Waals surface area contributed by atoms with E-state index < -0.39 is 24.0 Å². The molecule has 2 amide bonds. The van der Waals surface area contributed by atoms with E-state index in [4.69, 9.17) is 9.94 Å². The largest absolute Gasteiger partial charge is 0.506 e. The summed E-state index contributed by atoms with van der Waals surface area (Å²) in [6, 6.07) is 9.50. The van der Waals surface area contributed by atoms with Crippen molar-refractivity contribution in [1.82, 2.24) is 5.48 Å². The van der Waals surface area contributed by atoms with Crippen LogP contribution < -0.4 is 10.8 Å². The zero-order chi connectivity index (χ0) is 23.1. The SMILES string of the molecule is CC(=O)c1ccc(NC(=O)O[C@H](c2cc(Br)cc(Br)c2O)[C@H](C)/C=C/C(=O)NO)cc1. The molecule has 0 fully saturated rings. The number of carbonyl (C=O) groups is 3. The number of Topliss-reactive ketones (excluding diaryl/α,β-unsaturated/α-hetero) is 1. The topological polar surface area (TPSA) is 125 Å². The van der Waals surface area contributed by atoms with Crippen LogP contribution in [0.3, 0.4) is 0 Å². The van der Waals surface area contributed by atoms with Crippen molar-refractivity contribution < 1.29 is 29.4 Å². The average molecular weight is 556 g/mol. The van der Waals surface area contributed by atoms with Gasteiger partial charge in [-0.25, -0.2) is 10.3 Å². The maximum atomic E-state index is 12.5. The van der Waals surface area contributed by atoms with E-state index in [0.717, 1.165) is 6.08 Å². The Kier molecular flexibility index (Phi) is 8.78. The molecule has 10 heteroatoms. The molecule has 0 saturated carbocycles. The van der Waals surface area contributed by atoms with Gasteiger partial charge in [-0.2, -0.15) is 0 Å². The molecule has 0 heterocycles. The van der Waals surface area contributed by atoms with Gasteiger partial charge >= 0.3 is 6.09 Å².